The number of Topliss-reactive ketones (excluding diaryl/α,β-unsaturated/α-hetero) is 2. The number of hydrogen-bond acceptors (Lipinski definition) is 11. The molecule has 1 aromatic carbocycles. The average Bonchev–Trinajstić information content (AvgIpc) is 2.86. The second-order valence-electron chi connectivity index (χ2n) is 11.0. The molecule has 15 heteroatoms. The third-order valence-corrected chi connectivity index (χ3v) is 8.26. The lowest BCUT2D eigenvalue weighted by atomic mass is 9.57. The summed E-state index contributed by atoms with van der Waals surface area (Å²) in [6, 6.07) is -0.201. The molecule has 42 heavy (non-hydrogen) atoms. The SMILES string of the molecule is CNC(C)C(=O)Nc1cc(N(C)C)c2c(c1O)C(O)=C1C(=O)C3(O)C(O)=C(C(N)=O)C(=O)[C@@H](N(C)C)C3CC1C2.Cl.Cl. The van der Waals surface area contributed by atoms with Gasteiger partial charge in [0.1, 0.15) is 22.8 Å². The number of benzene rings is 1. The molecule has 4 unspecified atom stereocenters. The maximum absolute atomic E-state index is 14.0. The number of halogens is 2. The number of fused-ring (bicyclic) bond motifs is 3. The van der Waals surface area contributed by atoms with Crippen LogP contribution < -0.4 is 21.3 Å². The van der Waals surface area contributed by atoms with Crippen LogP contribution in [-0.2, 0) is 25.6 Å². The lowest BCUT2D eigenvalue weighted by Crippen LogP contribution is -2.65. The van der Waals surface area contributed by atoms with Gasteiger partial charge in [0.15, 0.2) is 11.4 Å². The molecule has 5 atom stereocenters. The first-order valence-electron chi connectivity index (χ1n) is 12.8. The van der Waals surface area contributed by atoms with Gasteiger partial charge >= 0.3 is 0 Å². The van der Waals surface area contributed by atoms with Crippen LogP contribution in [0.4, 0.5) is 11.4 Å². The van der Waals surface area contributed by atoms with Crippen LogP contribution in [-0.4, -0.2) is 102 Å². The van der Waals surface area contributed by atoms with E-state index >= 15 is 0 Å². The smallest absolute Gasteiger partial charge is 0.255 e. The molecule has 0 aromatic heterocycles. The molecule has 1 aromatic rings. The summed E-state index contributed by atoms with van der Waals surface area (Å²) in [6.07, 6.45) is 0.119. The molecule has 0 radical (unpaired) electrons. The summed E-state index contributed by atoms with van der Waals surface area (Å²) in [7, 11) is 8.16. The van der Waals surface area contributed by atoms with E-state index in [2.05, 4.69) is 10.6 Å². The second-order valence-corrected chi connectivity index (χ2v) is 11.0. The first-order valence-corrected chi connectivity index (χ1v) is 12.8. The minimum atomic E-state index is -2.72. The molecule has 0 bridgehead atoms. The van der Waals surface area contributed by atoms with Gasteiger partial charge in [0, 0.05) is 31.3 Å². The average molecular weight is 631 g/mol. The van der Waals surface area contributed by atoms with E-state index in [4.69, 9.17) is 5.73 Å². The number of ketones is 2. The Morgan fingerprint density at radius 3 is 2.21 bits per heavy atom. The van der Waals surface area contributed by atoms with Gasteiger partial charge in [0.05, 0.1) is 23.3 Å². The van der Waals surface area contributed by atoms with Crippen LogP contribution in [0.25, 0.3) is 5.76 Å². The predicted molar refractivity (Wildman–Crippen MR) is 160 cm³/mol. The maximum atomic E-state index is 14.0. The van der Waals surface area contributed by atoms with E-state index in [1.54, 1.807) is 53.1 Å². The number of primary amides is 1. The minimum absolute atomic E-state index is 0. The molecule has 0 aliphatic heterocycles. The van der Waals surface area contributed by atoms with E-state index < -0.39 is 75.7 Å². The predicted octanol–water partition coefficient (Wildman–Crippen LogP) is 0.420. The molecule has 232 valence electrons. The van der Waals surface area contributed by atoms with Gasteiger partial charge in [-0.1, -0.05) is 0 Å². The highest BCUT2D eigenvalue weighted by molar-refractivity contribution is 6.24. The van der Waals surface area contributed by atoms with Crippen molar-refractivity contribution in [1.82, 2.24) is 10.2 Å². The van der Waals surface area contributed by atoms with Crippen molar-refractivity contribution in [3.63, 3.8) is 0 Å². The van der Waals surface area contributed by atoms with Crippen molar-refractivity contribution >= 4 is 65.3 Å². The Morgan fingerprint density at radius 2 is 1.71 bits per heavy atom. The normalized spacial score (nSPS) is 25.5. The van der Waals surface area contributed by atoms with Crippen LogP contribution >= 0.6 is 24.8 Å². The summed E-state index contributed by atoms with van der Waals surface area (Å²) >= 11 is 0. The number of carbonyl (C=O) groups excluding carboxylic acids is 4. The lowest BCUT2D eigenvalue weighted by Gasteiger charge is -2.50. The van der Waals surface area contributed by atoms with Gasteiger partial charge in [0.2, 0.25) is 11.7 Å². The molecule has 1 saturated carbocycles. The molecule has 0 saturated heterocycles. The van der Waals surface area contributed by atoms with Gasteiger partial charge < -0.3 is 41.7 Å². The number of carbonyl (C=O) groups is 4. The zero-order valence-electron chi connectivity index (χ0n) is 24.0. The van der Waals surface area contributed by atoms with Crippen LogP contribution in [0.3, 0.4) is 0 Å². The molecule has 1 fully saturated rings. The van der Waals surface area contributed by atoms with Crippen LogP contribution in [0.5, 0.6) is 5.75 Å². The monoisotopic (exact) mass is 629 g/mol. The fourth-order valence-electron chi connectivity index (χ4n) is 6.16. The molecule has 3 aliphatic rings. The standard InChI is InChI=1S/C27H35N5O8.2ClH/c1-10(29-2)26(39)30-14-9-15(31(3)4)12-7-11-8-13-19(32(5)6)22(35)18(25(28)38)24(37)27(13,40)23(36)16(11)21(34)17(12)20(14)33;;/h9-11,13,19,29,33-34,37,40H,7-8H2,1-6H3,(H2,28,38)(H,30,39);2*1H/t10?,11?,13?,19-,27?;;/m0../s1. The largest absolute Gasteiger partial charge is 0.508 e. The molecule has 8 N–H and O–H groups in total. The summed E-state index contributed by atoms with van der Waals surface area (Å²) in [5.74, 6) is -7.79. The first-order chi connectivity index (χ1) is 18.6. The summed E-state index contributed by atoms with van der Waals surface area (Å²) in [5, 5.41) is 50.8. The second kappa shape index (κ2) is 12.1. The van der Waals surface area contributed by atoms with Crippen molar-refractivity contribution in [3.05, 3.63) is 34.1 Å². The number of nitrogens with one attached hydrogen (secondary N) is 2. The Morgan fingerprint density at radius 1 is 1.12 bits per heavy atom. The number of amides is 2. The third kappa shape index (κ3) is 4.98. The third-order valence-electron chi connectivity index (χ3n) is 8.26. The quantitative estimate of drug-likeness (QED) is 0.169. The number of nitrogens with zero attached hydrogens (tertiary/aromatic N) is 2. The molecule has 0 heterocycles. The molecule has 2 amide bonds. The van der Waals surface area contributed by atoms with E-state index in [0.29, 0.717) is 11.3 Å². The van der Waals surface area contributed by atoms with Crippen LogP contribution in [0.1, 0.15) is 24.5 Å². The Kier molecular flexibility index (Phi) is 10.0. The summed E-state index contributed by atoms with van der Waals surface area (Å²) < 4.78 is 0. The molecule has 13 nitrogen and oxygen atoms in total. The van der Waals surface area contributed by atoms with Gasteiger partial charge in [-0.2, -0.15) is 0 Å². The highest BCUT2D eigenvalue weighted by Crippen LogP contribution is 2.54. The van der Waals surface area contributed by atoms with Gasteiger partial charge in [0.25, 0.3) is 5.91 Å². The fraction of sp³-hybridized carbons (Fsp3) is 0.481. The Hall–Kier alpha value is -3.36. The van der Waals surface area contributed by atoms with Crippen molar-refractivity contribution in [1.29, 1.82) is 0 Å². The van der Waals surface area contributed by atoms with Gasteiger partial charge in [-0.05, 0) is 58.5 Å². The highest BCUT2D eigenvalue weighted by Gasteiger charge is 2.64. The fourth-order valence-corrected chi connectivity index (χ4v) is 6.16. The molecule has 3 aliphatic carbocycles. The number of aliphatic hydroxyl groups is 3. The van der Waals surface area contributed by atoms with E-state index in [0.717, 1.165) is 0 Å². The van der Waals surface area contributed by atoms with Crippen molar-refractivity contribution < 1.29 is 39.6 Å². The van der Waals surface area contributed by atoms with Gasteiger partial charge in [-0.3, -0.25) is 24.1 Å². The van der Waals surface area contributed by atoms with E-state index in [-0.39, 0.29) is 54.5 Å². The van der Waals surface area contributed by atoms with E-state index in [1.807, 2.05) is 0 Å². The summed E-state index contributed by atoms with van der Waals surface area (Å²) in [4.78, 5) is 55.1. The van der Waals surface area contributed by atoms with Crippen molar-refractivity contribution in [3.8, 4) is 5.75 Å². The number of phenolic OH excluding ortho intramolecular Hbond substituents is 1. The first kappa shape index (κ1) is 34.8. The van der Waals surface area contributed by atoms with E-state index in [1.165, 1.54) is 4.90 Å². The van der Waals surface area contributed by atoms with Crippen molar-refractivity contribution in [2.24, 2.45) is 17.6 Å². The maximum Gasteiger partial charge on any atom is 0.255 e. The number of rotatable bonds is 6. The van der Waals surface area contributed by atoms with Crippen LogP contribution in [0.15, 0.2) is 23.0 Å². The number of nitrogens with two attached hydrogens (primary N) is 1. The number of aromatic hydroxyl groups is 1. The topological polar surface area (TPSA) is 206 Å². The van der Waals surface area contributed by atoms with Crippen LogP contribution in [0.2, 0.25) is 0 Å². The van der Waals surface area contributed by atoms with Gasteiger partial charge in [-0.25, -0.2) is 0 Å². The lowest BCUT2D eigenvalue weighted by molar-refractivity contribution is -0.153. The molecule has 0 spiro atoms. The van der Waals surface area contributed by atoms with Crippen molar-refractivity contribution in [2.45, 2.75) is 37.5 Å². The molecule has 4 rings (SSSR count). The molecular formula is C27H37Cl2N5O8. The zero-order valence-corrected chi connectivity index (χ0v) is 25.6. The number of hydrogen-bond donors (Lipinski definition) is 7. The minimum Gasteiger partial charge on any atom is -0.508 e. The van der Waals surface area contributed by atoms with Gasteiger partial charge in [-0.15, -0.1) is 24.8 Å². The number of likely N-dealkylation sites (N-methyl/N-ethyl adjacent to an activating group) is 2. The van der Waals surface area contributed by atoms with Crippen molar-refractivity contribution in [2.75, 3.05) is 45.5 Å². The number of anilines is 2. The zero-order chi connectivity index (χ0) is 30.0. The Labute approximate surface area is 255 Å². The highest BCUT2D eigenvalue weighted by atomic mass is 35.5. The summed E-state index contributed by atoms with van der Waals surface area (Å²) in [5.41, 5.74) is 2.44. The molecular weight excluding hydrogens is 593 g/mol. The Bertz CT molecular complexity index is 1410. The Balaban J connectivity index is 0.00000308. The van der Waals surface area contributed by atoms with E-state index in [9.17, 15) is 39.6 Å². The summed E-state index contributed by atoms with van der Waals surface area (Å²) in [6.45, 7) is 1.62. The number of aliphatic hydroxyl groups excluding tert-OH is 2. The van der Waals surface area contributed by atoms with Crippen LogP contribution in [0, 0.1) is 11.8 Å². The number of phenols is 1.